The Labute approximate surface area is 198 Å². The molecule has 35 heavy (non-hydrogen) atoms. The molecule has 0 unspecified atom stereocenters. The minimum absolute atomic E-state index is 0.0554. The van der Waals surface area contributed by atoms with Crippen LogP contribution in [-0.4, -0.2) is 17.2 Å². The highest BCUT2D eigenvalue weighted by Gasteiger charge is 2.31. The molecule has 0 radical (unpaired) electrons. The number of nitrogens with zero attached hydrogens (tertiary/aromatic N) is 2. The van der Waals surface area contributed by atoms with Crippen LogP contribution in [0, 0.1) is 15.9 Å². The molecular weight excluding hydrogens is 492 g/mol. The molecule has 0 bridgehead atoms. The van der Waals surface area contributed by atoms with Crippen molar-refractivity contribution >= 4 is 28.8 Å². The number of hydrogen-bond acceptors (Lipinski definition) is 6. The van der Waals surface area contributed by atoms with Gasteiger partial charge in [0.15, 0.2) is 5.76 Å². The fraction of sp³-hybridized carbons (Fsp3) is 0.0870. The lowest BCUT2D eigenvalue weighted by molar-refractivity contribution is -0.402. The number of amides is 1. The summed E-state index contributed by atoms with van der Waals surface area (Å²) in [5, 5.41) is 10.9. The molecule has 180 valence electrons. The monoisotopic (exact) mass is 506 g/mol. The molecule has 0 spiro atoms. The molecule has 4 rings (SSSR count). The van der Waals surface area contributed by atoms with Gasteiger partial charge in [0, 0.05) is 9.75 Å². The van der Waals surface area contributed by atoms with Crippen LogP contribution in [0.15, 0.2) is 77.2 Å². The first kappa shape index (κ1) is 24.0. The van der Waals surface area contributed by atoms with Crippen LogP contribution in [0.5, 0.6) is 5.75 Å². The van der Waals surface area contributed by atoms with Crippen molar-refractivity contribution in [2.75, 3.05) is 4.90 Å². The van der Waals surface area contributed by atoms with Gasteiger partial charge in [-0.1, -0.05) is 12.1 Å². The number of furan rings is 1. The van der Waals surface area contributed by atoms with Crippen LogP contribution in [0.2, 0.25) is 0 Å². The maximum atomic E-state index is 14.6. The Morgan fingerprint density at radius 2 is 1.74 bits per heavy atom. The van der Waals surface area contributed by atoms with Crippen LogP contribution in [-0.2, 0) is 6.54 Å². The first-order valence-electron chi connectivity index (χ1n) is 9.86. The highest BCUT2D eigenvalue weighted by atomic mass is 32.1. The molecule has 0 saturated heterocycles. The van der Waals surface area contributed by atoms with Crippen LogP contribution in [0.3, 0.4) is 0 Å². The molecule has 0 atom stereocenters. The molecule has 0 N–H and O–H groups in total. The zero-order valence-electron chi connectivity index (χ0n) is 17.5. The van der Waals surface area contributed by atoms with Crippen LogP contribution in [0.1, 0.15) is 15.4 Å². The Morgan fingerprint density at radius 3 is 2.37 bits per heavy atom. The van der Waals surface area contributed by atoms with Crippen molar-refractivity contribution in [2.45, 2.75) is 12.9 Å². The van der Waals surface area contributed by atoms with Crippen LogP contribution < -0.4 is 9.64 Å². The predicted molar refractivity (Wildman–Crippen MR) is 119 cm³/mol. The van der Waals surface area contributed by atoms with Crippen LogP contribution >= 0.6 is 11.3 Å². The molecule has 0 fully saturated rings. The van der Waals surface area contributed by atoms with E-state index in [9.17, 15) is 32.5 Å². The molecule has 2 heterocycles. The van der Waals surface area contributed by atoms with Crippen molar-refractivity contribution in [3.05, 3.63) is 99.4 Å². The average molecular weight is 506 g/mol. The summed E-state index contributed by atoms with van der Waals surface area (Å²) in [4.78, 5) is 25.6. The second-order valence-corrected chi connectivity index (χ2v) is 8.24. The van der Waals surface area contributed by atoms with E-state index in [2.05, 4.69) is 4.74 Å². The number of hydrogen-bond donors (Lipinski definition) is 0. The second kappa shape index (κ2) is 9.58. The molecular formula is C23H14F4N2O5S. The predicted octanol–water partition coefficient (Wildman–Crippen LogP) is 6.80. The van der Waals surface area contributed by atoms with Crippen LogP contribution in [0.4, 0.5) is 29.1 Å². The van der Waals surface area contributed by atoms with Crippen molar-refractivity contribution in [3.8, 4) is 16.2 Å². The summed E-state index contributed by atoms with van der Waals surface area (Å²) < 4.78 is 60.5. The van der Waals surface area contributed by atoms with Crippen LogP contribution in [0.25, 0.3) is 10.4 Å². The van der Waals surface area contributed by atoms with Crippen molar-refractivity contribution in [3.63, 3.8) is 0 Å². The Bertz CT molecular complexity index is 1360. The largest absolute Gasteiger partial charge is 0.573 e. The molecule has 0 saturated carbocycles. The maximum Gasteiger partial charge on any atom is 0.573 e. The summed E-state index contributed by atoms with van der Waals surface area (Å²) in [7, 11) is 0. The fourth-order valence-electron chi connectivity index (χ4n) is 3.21. The number of carbonyl (C=O) groups excluding carboxylic acids is 1. The summed E-state index contributed by atoms with van der Waals surface area (Å²) in [5.41, 5.74) is 0.557. The lowest BCUT2D eigenvalue weighted by atomic mass is 10.2. The zero-order chi connectivity index (χ0) is 25.2. The lowest BCUT2D eigenvalue weighted by Crippen LogP contribution is -2.30. The summed E-state index contributed by atoms with van der Waals surface area (Å²) >= 11 is 1.24. The first-order valence-corrected chi connectivity index (χ1v) is 10.7. The van der Waals surface area contributed by atoms with Gasteiger partial charge in [-0.3, -0.25) is 19.8 Å². The number of anilines is 1. The van der Waals surface area contributed by atoms with Crippen molar-refractivity contribution in [1.29, 1.82) is 0 Å². The van der Waals surface area contributed by atoms with E-state index < -0.39 is 28.9 Å². The summed E-state index contributed by atoms with van der Waals surface area (Å²) in [6.07, 6.45) is -4.80. The third-order valence-electron chi connectivity index (χ3n) is 4.72. The molecule has 12 heteroatoms. The zero-order valence-corrected chi connectivity index (χ0v) is 18.3. The van der Waals surface area contributed by atoms with Gasteiger partial charge in [-0.05, 0) is 60.2 Å². The Balaban J connectivity index is 1.60. The van der Waals surface area contributed by atoms with E-state index in [1.54, 1.807) is 12.1 Å². The van der Waals surface area contributed by atoms with Gasteiger partial charge < -0.3 is 9.15 Å². The number of para-hydroxylation sites is 1. The summed E-state index contributed by atoms with van der Waals surface area (Å²) in [6, 6.07) is 16.4. The average Bonchev–Trinajstić information content (AvgIpc) is 3.47. The lowest BCUT2D eigenvalue weighted by Gasteiger charge is -2.21. The molecule has 2 aromatic heterocycles. The van der Waals surface area contributed by atoms with Gasteiger partial charge in [0.2, 0.25) is 0 Å². The molecule has 7 nitrogen and oxygen atoms in total. The summed E-state index contributed by atoms with van der Waals surface area (Å²) in [5.74, 6) is -2.79. The van der Waals surface area contributed by atoms with E-state index in [0.29, 0.717) is 15.3 Å². The topological polar surface area (TPSA) is 85.8 Å². The van der Waals surface area contributed by atoms with Gasteiger partial charge in [-0.25, -0.2) is 4.39 Å². The Morgan fingerprint density at radius 1 is 1.03 bits per heavy atom. The van der Waals surface area contributed by atoms with Gasteiger partial charge in [0.1, 0.15) is 16.5 Å². The maximum absolute atomic E-state index is 14.6. The standard InChI is InChI=1S/C23H14F4N2O5S/c24-17-3-1-2-4-18(17)28(22(30)19-10-12-21(33-19)29(31)32)13-16-9-11-20(35-16)14-5-7-15(8-6-14)34-23(25,26)27/h1-12H,13H2. The van der Waals surface area contributed by atoms with Gasteiger partial charge in [-0.2, -0.15) is 0 Å². The molecule has 0 aliphatic rings. The Hall–Kier alpha value is -4.19. The number of rotatable bonds is 7. The van der Waals surface area contributed by atoms with E-state index in [1.165, 1.54) is 59.9 Å². The van der Waals surface area contributed by atoms with E-state index in [1.807, 2.05) is 0 Å². The number of benzene rings is 2. The minimum atomic E-state index is -4.80. The quantitative estimate of drug-likeness (QED) is 0.156. The molecule has 4 aromatic rings. The Kier molecular flexibility index (Phi) is 6.56. The molecule has 0 aliphatic carbocycles. The normalized spacial score (nSPS) is 11.3. The number of alkyl halides is 3. The van der Waals surface area contributed by atoms with Crippen molar-refractivity contribution < 1.29 is 36.4 Å². The SMILES string of the molecule is O=C(c1ccc([N+](=O)[O-])o1)N(Cc1ccc(-c2ccc(OC(F)(F)F)cc2)s1)c1ccccc1F. The smallest absolute Gasteiger partial charge is 0.406 e. The number of halogens is 4. The number of carbonyl (C=O) groups is 1. The van der Waals surface area contributed by atoms with E-state index in [4.69, 9.17) is 4.42 Å². The molecule has 1 amide bonds. The van der Waals surface area contributed by atoms with Gasteiger partial charge in [-0.15, -0.1) is 24.5 Å². The van der Waals surface area contributed by atoms with E-state index >= 15 is 0 Å². The summed E-state index contributed by atoms with van der Waals surface area (Å²) in [6.45, 7) is -0.0891. The van der Waals surface area contributed by atoms with Gasteiger partial charge >= 0.3 is 12.2 Å². The highest BCUT2D eigenvalue weighted by molar-refractivity contribution is 7.15. The van der Waals surface area contributed by atoms with E-state index in [0.717, 1.165) is 17.0 Å². The highest BCUT2D eigenvalue weighted by Crippen LogP contribution is 2.33. The molecule has 0 aliphatic heterocycles. The number of thiophene rings is 1. The third-order valence-corrected chi connectivity index (χ3v) is 5.84. The van der Waals surface area contributed by atoms with Gasteiger partial charge in [0.25, 0.3) is 5.91 Å². The third kappa shape index (κ3) is 5.66. The fourth-order valence-corrected chi connectivity index (χ4v) is 4.21. The first-order chi connectivity index (χ1) is 16.6. The van der Waals surface area contributed by atoms with Gasteiger partial charge in [0.05, 0.1) is 18.3 Å². The number of ether oxygens (including phenoxy) is 1. The minimum Gasteiger partial charge on any atom is -0.406 e. The number of nitro groups is 1. The second-order valence-electron chi connectivity index (χ2n) is 7.08. The molecule has 2 aromatic carbocycles. The van der Waals surface area contributed by atoms with Crippen molar-refractivity contribution in [2.24, 2.45) is 0 Å². The van der Waals surface area contributed by atoms with Crippen molar-refractivity contribution in [1.82, 2.24) is 0 Å². The van der Waals surface area contributed by atoms with E-state index in [-0.39, 0.29) is 23.7 Å².